The molecule has 0 atom stereocenters. The molecule has 0 bridgehead atoms. The molecule has 1 aromatic heterocycles. The second kappa shape index (κ2) is 4.85. The standard InChI is InChI=1S/C12H11ClN2S/c1-8-7-11(15-12(14-8)16-2)9-3-5-10(13)6-4-9/h3-7H,1-2H3. The van der Waals surface area contributed by atoms with Gasteiger partial charge in [0.05, 0.1) is 5.69 Å². The summed E-state index contributed by atoms with van der Waals surface area (Å²) in [5.41, 5.74) is 2.98. The van der Waals surface area contributed by atoms with E-state index in [1.54, 1.807) is 11.8 Å². The monoisotopic (exact) mass is 250 g/mol. The van der Waals surface area contributed by atoms with Gasteiger partial charge in [-0.1, -0.05) is 35.5 Å². The summed E-state index contributed by atoms with van der Waals surface area (Å²) in [5.74, 6) is 0. The minimum Gasteiger partial charge on any atom is -0.228 e. The average molecular weight is 251 g/mol. The molecule has 0 saturated carbocycles. The van der Waals surface area contributed by atoms with E-state index in [0.717, 1.165) is 27.1 Å². The third-order valence-corrected chi connectivity index (χ3v) is 2.96. The molecule has 2 aromatic rings. The van der Waals surface area contributed by atoms with Gasteiger partial charge in [-0.3, -0.25) is 0 Å². The molecule has 0 aliphatic carbocycles. The number of aryl methyl sites for hydroxylation is 1. The van der Waals surface area contributed by atoms with Gasteiger partial charge in [-0.15, -0.1) is 0 Å². The van der Waals surface area contributed by atoms with Crippen LogP contribution in [0.5, 0.6) is 0 Å². The maximum absolute atomic E-state index is 5.85. The van der Waals surface area contributed by atoms with E-state index >= 15 is 0 Å². The van der Waals surface area contributed by atoms with E-state index < -0.39 is 0 Å². The number of halogens is 1. The van der Waals surface area contributed by atoms with E-state index in [2.05, 4.69) is 9.97 Å². The van der Waals surface area contributed by atoms with Crippen LogP contribution in [0.4, 0.5) is 0 Å². The largest absolute Gasteiger partial charge is 0.228 e. The van der Waals surface area contributed by atoms with Crippen molar-refractivity contribution in [2.24, 2.45) is 0 Å². The molecular formula is C12H11ClN2S. The van der Waals surface area contributed by atoms with Gasteiger partial charge in [0.1, 0.15) is 0 Å². The highest BCUT2D eigenvalue weighted by Gasteiger charge is 2.03. The first-order valence-corrected chi connectivity index (χ1v) is 6.45. The number of hydrogen-bond acceptors (Lipinski definition) is 3. The Labute approximate surface area is 104 Å². The van der Waals surface area contributed by atoms with Crippen LogP contribution in [-0.4, -0.2) is 16.2 Å². The molecule has 0 N–H and O–H groups in total. The molecule has 0 aliphatic rings. The molecule has 0 spiro atoms. The second-order valence-electron chi connectivity index (χ2n) is 3.39. The van der Waals surface area contributed by atoms with Gasteiger partial charge in [0, 0.05) is 16.3 Å². The normalized spacial score (nSPS) is 10.4. The first-order valence-electron chi connectivity index (χ1n) is 4.84. The lowest BCUT2D eigenvalue weighted by Gasteiger charge is -2.04. The topological polar surface area (TPSA) is 25.8 Å². The molecule has 1 aromatic carbocycles. The van der Waals surface area contributed by atoms with Crippen LogP contribution in [0.25, 0.3) is 11.3 Å². The predicted molar refractivity (Wildman–Crippen MR) is 69.0 cm³/mol. The van der Waals surface area contributed by atoms with Crippen LogP contribution in [0, 0.1) is 6.92 Å². The van der Waals surface area contributed by atoms with E-state index in [1.165, 1.54) is 0 Å². The Hall–Kier alpha value is -1.06. The maximum atomic E-state index is 5.85. The van der Waals surface area contributed by atoms with Gasteiger partial charge < -0.3 is 0 Å². The van der Waals surface area contributed by atoms with Crippen molar-refractivity contribution in [3.05, 3.63) is 41.0 Å². The smallest absolute Gasteiger partial charge is 0.188 e. The highest BCUT2D eigenvalue weighted by molar-refractivity contribution is 7.98. The Balaban J connectivity index is 2.47. The zero-order valence-electron chi connectivity index (χ0n) is 9.07. The summed E-state index contributed by atoms with van der Waals surface area (Å²) < 4.78 is 0. The molecule has 0 unspecified atom stereocenters. The van der Waals surface area contributed by atoms with Gasteiger partial charge >= 0.3 is 0 Å². The van der Waals surface area contributed by atoms with Crippen LogP contribution >= 0.6 is 23.4 Å². The Morgan fingerprint density at radius 3 is 2.44 bits per heavy atom. The number of rotatable bonds is 2. The van der Waals surface area contributed by atoms with Gasteiger partial charge in [0.25, 0.3) is 0 Å². The quantitative estimate of drug-likeness (QED) is 0.599. The minimum atomic E-state index is 0.736. The summed E-state index contributed by atoms with van der Waals surface area (Å²) >= 11 is 7.40. The highest BCUT2D eigenvalue weighted by Crippen LogP contribution is 2.22. The maximum Gasteiger partial charge on any atom is 0.188 e. The number of hydrogen-bond donors (Lipinski definition) is 0. The van der Waals surface area contributed by atoms with Crippen molar-refractivity contribution in [2.45, 2.75) is 12.1 Å². The Morgan fingerprint density at radius 2 is 1.81 bits per heavy atom. The molecule has 4 heteroatoms. The fourth-order valence-corrected chi connectivity index (χ4v) is 1.95. The van der Waals surface area contributed by atoms with Crippen molar-refractivity contribution in [3.8, 4) is 11.3 Å². The summed E-state index contributed by atoms with van der Waals surface area (Å²) in [4.78, 5) is 8.78. The molecular weight excluding hydrogens is 240 g/mol. The van der Waals surface area contributed by atoms with Gasteiger partial charge in [-0.2, -0.15) is 0 Å². The Bertz CT molecular complexity index is 497. The number of thioether (sulfide) groups is 1. The number of benzene rings is 1. The third kappa shape index (κ3) is 2.54. The Kier molecular flexibility index (Phi) is 3.46. The average Bonchev–Trinajstić information content (AvgIpc) is 2.29. The molecule has 0 aliphatic heterocycles. The molecule has 16 heavy (non-hydrogen) atoms. The SMILES string of the molecule is CSc1nc(C)cc(-c2ccc(Cl)cc2)n1. The van der Waals surface area contributed by atoms with E-state index in [-0.39, 0.29) is 0 Å². The molecule has 0 fully saturated rings. The van der Waals surface area contributed by atoms with Crippen molar-refractivity contribution < 1.29 is 0 Å². The van der Waals surface area contributed by atoms with Gasteiger partial charge in [0.2, 0.25) is 0 Å². The molecule has 82 valence electrons. The van der Waals surface area contributed by atoms with Crippen LogP contribution in [-0.2, 0) is 0 Å². The van der Waals surface area contributed by atoms with Crippen molar-refractivity contribution >= 4 is 23.4 Å². The molecule has 0 saturated heterocycles. The van der Waals surface area contributed by atoms with Crippen molar-refractivity contribution in [1.82, 2.24) is 9.97 Å². The lowest BCUT2D eigenvalue weighted by Crippen LogP contribution is -1.92. The lowest BCUT2D eigenvalue weighted by molar-refractivity contribution is 0.941. The first kappa shape index (κ1) is 11.4. The fourth-order valence-electron chi connectivity index (χ4n) is 1.40. The number of aromatic nitrogens is 2. The van der Waals surface area contributed by atoms with E-state index in [1.807, 2.05) is 43.5 Å². The summed E-state index contributed by atoms with van der Waals surface area (Å²) in [7, 11) is 0. The van der Waals surface area contributed by atoms with Crippen molar-refractivity contribution in [1.29, 1.82) is 0 Å². The van der Waals surface area contributed by atoms with Gasteiger partial charge in [-0.25, -0.2) is 9.97 Å². The third-order valence-electron chi connectivity index (χ3n) is 2.16. The van der Waals surface area contributed by atoms with Crippen LogP contribution in [0.3, 0.4) is 0 Å². The molecule has 0 amide bonds. The van der Waals surface area contributed by atoms with Crippen molar-refractivity contribution in [3.63, 3.8) is 0 Å². The van der Waals surface area contributed by atoms with E-state index in [0.29, 0.717) is 0 Å². The van der Waals surface area contributed by atoms with E-state index in [4.69, 9.17) is 11.6 Å². The highest BCUT2D eigenvalue weighted by atomic mass is 35.5. The summed E-state index contributed by atoms with van der Waals surface area (Å²) in [5, 5.41) is 1.53. The Morgan fingerprint density at radius 1 is 1.12 bits per heavy atom. The first-order chi connectivity index (χ1) is 7.69. The summed E-state index contributed by atoms with van der Waals surface area (Å²) in [6.45, 7) is 1.97. The molecule has 2 rings (SSSR count). The van der Waals surface area contributed by atoms with Gasteiger partial charge in [-0.05, 0) is 31.4 Å². The van der Waals surface area contributed by atoms with E-state index in [9.17, 15) is 0 Å². The molecule has 1 heterocycles. The fraction of sp³-hybridized carbons (Fsp3) is 0.167. The zero-order valence-corrected chi connectivity index (χ0v) is 10.6. The van der Waals surface area contributed by atoms with Gasteiger partial charge in [0.15, 0.2) is 5.16 Å². The van der Waals surface area contributed by atoms with Crippen LogP contribution in [0.15, 0.2) is 35.5 Å². The zero-order chi connectivity index (χ0) is 11.5. The minimum absolute atomic E-state index is 0.736. The molecule has 0 radical (unpaired) electrons. The van der Waals surface area contributed by atoms with Crippen LogP contribution in [0.1, 0.15) is 5.69 Å². The van der Waals surface area contributed by atoms with Crippen LogP contribution in [0.2, 0.25) is 5.02 Å². The number of nitrogens with zero attached hydrogens (tertiary/aromatic N) is 2. The second-order valence-corrected chi connectivity index (χ2v) is 4.60. The summed E-state index contributed by atoms with van der Waals surface area (Å²) in [6, 6.07) is 9.64. The van der Waals surface area contributed by atoms with Crippen molar-refractivity contribution in [2.75, 3.05) is 6.26 Å². The predicted octanol–water partition coefficient (Wildman–Crippen LogP) is 3.83. The summed E-state index contributed by atoms with van der Waals surface area (Å²) in [6.07, 6.45) is 1.97. The molecule has 2 nitrogen and oxygen atoms in total. The van der Waals surface area contributed by atoms with Crippen LogP contribution < -0.4 is 0 Å². The lowest BCUT2D eigenvalue weighted by atomic mass is 10.1.